The molecule has 0 saturated carbocycles. The molecule has 0 aliphatic carbocycles. The van der Waals surface area contributed by atoms with Crippen molar-refractivity contribution in [2.45, 2.75) is 6.92 Å². The SMILES string of the molecule is Cc1ccc(C(=O)N(C)c2ccccc2C(N)=S)cc1O. The number of phenolic OH excluding ortho intramolecular Hbond substituents is 1. The van der Waals surface area contributed by atoms with E-state index < -0.39 is 0 Å². The van der Waals surface area contributed by atoms with Crippen molar-refractivity contribution in [3.63, 3.8) is 0 Å². The fraction of sp³-hybridized carbons (Fsp3) is 0.125. The first-order valence-electron chi connectivity index (χ1n) is 6.38. The fourth-order valence-electron chi connectivity index (χ4n) is 2.02. The van der Waals surface area contributed by atoms with E-state index in [9.17, 15) is 9.90 Å². The van der Waals surface area contributed by atoms with Crippen LogP contribution in [0.15, 0.2) is 42.5 Å². The highest BCUT2D eigenvalue weighted by molar-refractivity contribution is 7.80. The molecule has 0 radical (unpaired) electrons. The van der Waals surface area contributed by atoms with Crippen LogP contribution in [0.1, 0.15) is 21.5 Å². The summed E-state index contributed by atoms with van der Waals surface area (Å²) in [4.78, 5) is 14.2. The number of hydrogen-bond donors (Lipinski definition) is 2. The van der Waals surface area contributed by atoms with Crippen LogP contribution in [-0.4, -0.2) is 23.0 Å². The number of nitrogens with zero attached hydrogens (tertiary/aromatic N) is 1. The molecule has 3 N–H and O–H groups in total. The predicted octanol–water partition coefficient (Wildman–Crippen LogP) is 2.61. The molecule has 0 heterocycles. The van der Waals surface area contributed by atoms with Gasteiger partial charge in [0.15, 0.2) is 0 Å². The Morgan fingerprint density at radius 2 is 1.90 bits per heavy atom. The number of aromatic hydroxyl groups is 1. The van der Waals surface area contributed by atoms with Gasteiger partial charge in [-0.2, -0.15) is 0 Å². The Balaban J connectivity index is 2.40. The van der Waals surface area contributed by atoms with Crippen LogP contribution in [0.25, 0.3) is 0 Å². The number of anilines is 1. The number of thiocarbonyl (C=S) groups is 1. The van der Waals surface area contributed by atoms with Crippen LogP contribution in [0.2, 0.25) is 0 Å². The summed E-state index contributed by atoms with van der Waals surface area (Å²) >= 11 is 5.01. The summed E-state index contributed by atoms with van der Waals surface area (Å²) < 4.78 is 0. The van der Waals surface area contributed by atoms with E-state index in [1.807, 2.05) is 12.1 Å². The first kappa shape index (κ1) is 15.0. The van der Waals surface area contributed by atoms with Crippen molar-refractivity contribution < 1.29 is 9.90 Å². The van der Waals surface area contributed by atoms with Gasteiger partial charge in [0.2, 0.25) is 0 Å². The number of nitrogens with two attached hydrogens (primary N) is 1. The van der Waals surface area contributed by atoms with E-state index in [0.717, 1.165) is 5.56 Å². The number of para-hydroxylation sites is 1. The third-order valence-corrected chi connectivity index (χ3v) is 3.51. The largest absolute Gasteiger partial charge is 0.508 e. The topological polar surface area (TPSA) is 66.6 Å². The molecule has 2 aromatic rings. The molecule has 0 aliphatic heterocycles. The minimum absolute atomic E-state index is 0.0943. The molecule has 2 rings (SSSR count). The maximum Gasteiger partial charge on any atom is 0.258 e. The highest BCUT2D eigenvalue weighted by atomic mass is 32.1. The van der Waals surface area contributed by atoms with Crippen LogP contribution in [0.3, 0.4) is 0 Å². The normalized spacial score (nSPS) is 10.2. The number of hydrogen-bond acceptors (Lipinski definition) is 3. The number of carbonyl (C=O) groups excluding carboxylic acids is 1. The number of phenols is 1. The zero-order valence-electron chi connectivity index (χ0n) is 11.8. The van der Waals surface area contributed by atoms with Crippen LogP contribution >= 0.6 is 12.2 Å². The van der Waals surface area contributed by atoms with Gasteiger partial charge in [0.1, 0.15) is 10.7 Å². The lowest BCUT2D eigenvalue weighted by atomic mass is 10.1. The Bertz CT molecular complexity index is 713. The van der Waals surface area contributed by atoms with Crippen LogP contribution < -0.4 is 10.6 Å². The second-order valence-electron chi connectivity index (χ2n) is 4.75. The van der Waals surface area contributed by atoms with Gasteiger partial charge >= 0.3 is 0 Å². The smallest absolute Gasteiger partial charge is 0.258 e. The Kier molecular flexibility index (Phi) is 4.23. The van der Waals surface area contributed by atoms with E-state index in [1.165, 1.54) is 11.0 Å². The zero-order chi connectivity index (χ0) is 15.6. The van der Waals surface area contributed by atoms with Gasteiger partial charge in [-0.05, 0) is 36.8 Å². The number of carbonyl (C=O) groups is 1. The molecule has 0 atom stereocenters. The summed E-state index contributed by atoms with van der Waals surface area (Å²) in [6.07, 6.45) is 0. The Labute approximate surface area is 128 Å². The molecule has 0 unspecified atom stereocenters. The lowest BCUT2D eigenvalue weighted by Gasteiger charge is -2.20. The molecule has 0 bridgehead atoms. The van der Waals surface area contributed by atoms with Gasteiger partial charge in [0.05, 0.1) is 5.69 Å². The van der Waals surface area contributed by atoms with Gasteiger partial charge in [-0.3, -0.25) is 4.79 Å². The molecular formula is C16H16N2O2S. The van der Waals surface area contributed by atoms with Crippen molar-refractivity contribution in [3.8, 4) is 5.75 Å². The molecule has 108 valence electrons. The predicted molar refractivity (Wildman–Crippen MR) is 87.9 cm³/mol. The van der Waals surface area contributed by atoms with Crippen molar-refractivity contribution in [1.82, 2.24) is 0 Å². The van der Waals surface area contributed by atoms with Crippen LogP contribution in [0.5, 0.6) is 5.75 Å². The second-order valence-corrected chi connectivity index (χ2v) is 5.19. The summed E-state index contributed by atoms with van der Waals surface area (Å²) in [5.41, 5.74) is 8.08. The monoisotopic (exact) mass is 300 g/mol. The van der Waals surface area contributed by atoms with E-state index >= 15 is 0 Å². The Morgan fingerprint density at radius 3 is 2.52 bits per heavy atom. The number of benzene rings is 2. The lowest BCUT2D eigenvalue weighted by Crippen LogP contribution is -2.28. The maximum atomic E-state index is 12.5. The minimum atomic E-state index is -0.242. The quantitative estimate of drug-likeness (QED) is 0.855. The van der Waals surface area contributed by atoms with Crippen molar-refractivity contribution in [3.05, 3.63) is 59.2 Å². The molecule has 0 aromatic heterocycles. The minimum Gasteiger partial charge on any atom is -0.508 e. The second kappa shape index (κ2) is 5.93. The van der Waals surface area contributed by atoms with E-state index in [2.05, 4.69) is 0 Å². The fourth-order valence-corrected chi connectivity index (χ4v) is 2.19. The van der Waals surface area contributed by atoms with Crippen molar-refractivity contribution in [2.24, 2.45) is 5.73 Å². The van der Waals surface area contributed by atoms with Crippen LogP contribution in [0.4, 0.5) is 5.69 Å². The van der Waals surface area contributed by atoms with Gasteiger partial charge in [-0.15, -0.1) is 0 Å². The number of aryl methyl sites for hydroxylation is 1. The molecule has 0 fully saturated rings. The maximum absolute atomic E-state index is 12.5. The third-order valence-electron chi connectivity index (χ3n) is 3.29. The van der Waals surface area contributed by atoms with Crippen LogP contribution in [-0.2, 0) is 0 Å². The molecule has 0 saturated heterocycles. The Morgan fingerprint density at radius 1 is 1.24 bits per heavy atom. The lowest BCUT2D eigenvalue weighted by molar-refractivity contribution is 0.0992. The third kappa shape index (κ3) is 3.03. The van der Waals surface area contributed by atoms with E-state index in [4.69, 9.17) is 18.0 Å². The average molecular weight is 300 g/mol. The summed E-state index contributed by atoms with van der Waals surface area (Å²) in [5, 5.41) is 9.73. The van der Waals surface area contributed by atoms with Crippen molar-refractivity contribution in [2.75, 3.05) is 11.9 Å². The molecule has 0 aliphatic rings. The Hall–Kier alpha value is -2.40. The summed E-state index contributed by atoms with van der Waals surface area (Å²) in [7, 11) is 1.65. The molecule has 5 heteroatoms. The molecule has 2 aromatic carbocycles. The van der Waals surface area contributed by atoms with Crippen LogP contribution in [0, 0.1) is 6.92 Å². The standard InChI is InChI=1S/C16H16N2O2S/c1-10-7-8-11(9-14(10)19)16(20)18(2)13-6-4-3-5-12(13)15(17)21/h3-9,19H,1-2H3,(H2,17,21). The number of amides is 1. The molecule has 1 amide bonds. The molecular weight excluding hydrogens is 284 g/mol. The van der Waals surface area contributed by atoms with Crippen molar-refractivity contribution >= 4 is 28.8 Å². The first-order chi connectivity index (χ1) is 9.91. The molecule has 0 spiro atoms. The summed E-state index contributed by atoms with van der Waals surface area (Å²) in [6.45, 7) is 1.77. The highest BCUT2D eigenvalue weighted by Gasteiger charge is 2.17. The molecule has 21 heavy (non-hydrogen) atoms. The summed E-state index contributed by atoms with van der Waals surface area (Å²) in [6, 6.07) is 12.0. The number of rotatable bonds is 3. The van der Waals surface area contributed by atoms with Gasteiger partial charge in [-0.1, -0.05) is 30.4 Å². The van der Waals surface area contributed by atoms with Gasteiger partial charge in [0.25, 0.3) is 5.91 Å². The van der Waals surface area contributed by atoms with E-state index in [0.29, 0.717) is 16.8 Å². The molecule has 4 nitrogen and oxygen atoms in total. The van der Waals surface area contributed by atoms with E-state index in [1.54, 1.807) is 38.2 Å². The summed E-state index contributed by atoms with van der Waals surface area (Å²) in [5.74, 6) is -0.147. The van der Waals surface area contributed by atoms with Gasteiger partial charge in [-0.25, -0.2) is 0 Å². The zero-order valence-corrected chi connectivity index (χ0v) is 12.6. The van der Waals surface area contributed by atoms with Gasteiger partial charge in [0, 0.05) is 18.2 Å². The van der Waals surface area contributed by atoms with Gasteiger partial charge < -0.3 is 15.7 Å². The highest BCUT2D eigenvalue weighted by Crippen LogP contribution is 2.23. The van der Waals surface area contributed by atoms with Crippen molar-refractivity contribution in [1.29, 1.82) is 0 Å². The van der Waals surface area contributed by atoms with E-state index in [-0.39, 0.29) is 16.6 Å². The average Bonchev–Trinajstić information content (AvgIpc) is 2.48. The first-order valence-corrected chi connectivity index (χ1v) is 6.79.